The summed E-state index contributed by atoms with van der Waals surface area (Å²) in [7, 11) is 0. The molecule has 2 atom stereocenters. The van der Waals surface area contributed by atoms with Crippen LogP contribution in [0.4, 0.5) is 5.69 Å². The lowest BCUT2D eigenvalue weighted by atomic mass is 10.0. The number of aromatic nitrogens is 2. The number of para-hydroxylation sites is 3. The van der Waals surface area contributed by atoms with Gasteiger partial charge in [-0.1, -0.05) is 56.3 Å². The predicted octanol–water partition coefficient (Wildman–Crippen LogP) is 5.43. The van der Waals surface area contributed by atoms with E-state index in [1.165, 1.54) is 5.56 Å². The van der Waals surface area contributed by atoms with Gasteiger partial charge in [-0.05, 0) is 54.3 Å². The number of benzene rings is 3. The number of rotatable bonds is 8. The first-order chi connectivity index (χ1) is 17.4. The normalized spacial score (nSPS) is 16.8. The summed E-state index contributed by atoms with van der Waals surface area (Å²) in [5.74, 6) is 2.08. The molecule has 186 valence electrons. The number of ether oxygens (including phenoxy) is 1. The van der Waals surface area contributed by atoms with Gasteiger partial charge in [-0.2, -0.15) is 0 Å². The smallest absolute Gasteiger partial charge is 0.227 e. The Kier molecular flexibility index (Phi) is 6.79. The zero-order valence-corrected chi connectivity index (χ0v) is 21.1. The second-order valence-electron chi connectivity index (χ2n) is 9.95. The van der Waals surface area contributed by atoms with Crippen LogP contribution in [0.15, 0.2) is 72.8 Å². The van der Waals surface area contributed by atoms with Crippen molar-refractivity contribution in [3.05, 3.63) is 89.7 Å². The summed E-state index contributed by atoms with van der Waals surface area (Å²) in [6.07, 6.45) is -0.331. The van der Waals surface area contributed by atoms with Crippen LogP contribution in [-0.2, 0) is 11.3 Å². The number of imidazole rings is 1. The minimum atomic E-state index is -0.726. The van der Waals surface area contributed by atoms with Gasteiger partial charge < -0.3 is 19.3 Å². The molecule has 1 N–H and O–H groups in total. The van der Waals surface area contributed by atoms with Gasteiger partial charge in [0.05, 0.1) is 17.6 Å². The maximum atomic E-state index is 13.0. The van der Waals surface area contributed by atoms with Gasteiger partial charge in [0.15, 0.2) is 0 Å². The molecule has 0 spiro atoms. The Morgan fingerprint density at radius 3 is 2.50 bits per heavy atom. The van der Waals surface area contributed by atoms with E-state index in [1.54, 1.807) is 0 Å². The van der Waals surface area contributed by atoms with E-state index in [2.05, 4.69) is 30.5 Å². The summed E-state index contributed by atoms with van der Waals surface area (Å²) in [5, 5.41) is 10.9. The number of anilines is 1. The third kappa shape index (κ3) is 4.86. The molecule has 1 aromatic heterocycles. The summed E-state index contributed by atoms with van der Waals surface area (Å²) in [5.41, 5.74) is 5.10. The molecule has 6 heteroatoms. The number of amides is 1. The Bertz CT molecular complexity index is 1360. The van der Waals surface area contributed by atoms with Crippen molar-refractivity contribution in [2.75, 3.05) is 18.1 Å². The molecule has 36 heavy (non-hydrogen) atoms. The first-order valence-electron chi connectivity index (χ1n) is 12.6. The first kappa shape index (κ1) is 24.1. The van der Waals surface area contributed by atoms with Crippen LogP contribution in [0, 0.1) is 6.92 Å². The number of carbonyl (C=O) groups is 1. The van der Waals surface area contributed by atoms with Gasteiger partial charge in [-0.15, -0.1) is 0 Å². The largest absolute Gasteiger partial charge is 0.491 e. The van der Waals surface area contributed by atoms with Gasteiger partial charge in [-0.25, -0.2) is 4.98 Å². The summed E-state index contributed by atoms with van der Waals surface area (Å²) in [6, 6.07) is 23.9. The molecule has 6 nitrogen and oxygen atoms in total. The fraction of sp³-hybridized carbons (Fsp3) is 0.333. The molecule has 1 aliphatic heterocycles. The molecule has 0 radical (unpaired) electrons. The number of nitrogens with zero attached hydrogens (tertiary/aromatic N) is 3. The van der Waals surface area contributed by atoms with Gasteiger partial charge in [0.1, 0.15) is 24.3 Å². The molecular weight excluding hydrogens is 450 g/mol. The highest BCUT2D eigenvalue weighted by Gasteiger charge is 2.35. The lowest BCUT2D eigenvalue weighted by Gasteiger charge is -2.20. The highest BCUT2D eigenvalue weighted by Crippen LogP contribution is 2.34. The monoisotopic (exact) mass is 483 g/mol. The molecule has 0 unspecified atom stereocenters. The van der Waals surface area contributed by atoms with Crippen molar-refractivity contribution < 1.29 is 14.6 Å². The Morgan fingerprint density at radius 1 is 1.03 bits per heavy atom. The molecule has 5 rings (SSSR count). The quantitative estimate of drug-likeness (QED) is 0.363. The standard InChI is InChI=1S/C30H33N3O3/c1-20(2)22-12-14-25(15-13-22)36-19-24(34)18-33-28-11-7-5-9-26(28)31-30(33)23-16-29(35)32(17-23)27-10-6-4-8-21(27)3/h4-15,20,23-24,34H,16-19H2,1-3H3/t23-,24-/m0/s1. The predicted molar refractivity (Wildman–Crippen MR) is 143 cm³/mol. The molecule has 1 amide bonds. The van der Waals surface area contributed by atoms with Crippen LogP contribution in [-0.4, -0.2) is 39.8 Å². The first-order valence-corrected chi connectivity index (χ1v) is 12.6. The van der Waals surface area contributed by atoms with Crippen molar-refractivity contribution >= 4 is 22.6 Å². The van der Waals surface area contributed by atoms with Crippen LogP contribution in [0.3, 0.4) is 0 Å². The average molecular weight is 484 g/mol. The van der Waals surface area contributed by atoms with Gasteiger partial charge in [-0.3, -0.25) is 4.79 Å². The van der Waals surface area contributed by atoms with E-state index < -0.39 is 6.10 Å². The van der Waals surface area contributed by atoms with E-state index in [1.807, 2.05) is 72.5 Å². The van der Waals surface area contributed by atoms with Crippen LogP contribution in [0.25, 0.3) is 11.0 Å². The summed E-state index contributed by atoms with van der Waals surface area (Å²) in [4.78, 5) is 19.8. The molecule has 3 aromatic carbocycles. The summed E-state index contributed by atoms with van der Waals surface area (Å²) >= 11 is 0. The van der Waals surface area contributed by atoms with Crippen LogP contribution < -0.4 is 9.64 Å². The zero-order valence-electron chi connectivity index (χ0n) is 21.1. The number of aliphatic hydroxyl groups is 1. The van der Waals surface area contributed by atoms with Gasteiger partial charge in [0, 0.05) is 24.6 Å². The average Bonchev–Trinajstić information content (AvgIpc) is 3.44. The fourth-order valence-electron chi connectivity index (χ4n) is 4.98. The van der Waals surface area contributed by atoms with Crippen molar-refractivity contribution in [3.63, 3.8) is 0 Å². The number of aryl methyl sites for hydroxylation is 1. The molecule has 1 aliphatic rings. The lowest BCUT2D eigenvalue weighted by Crippen LogP contribution is -2.27. The van der Waals surface area contributed by atoms with Crippen molar-refractivity contribution in [2.45, 2.75) is 51.7 Å². The fourth-order valence-corrected chi connectivity index (χ4v) is 4.98. The molecular formula is C30H33N3O3. The van der Waals surface area contributed by atoms with Crippen LogP contribution in [0.1, 0.15) is 49.1 Å². The second kappa shape index (κ2) is 10.2. The SMILES string of the molecule is Cc1ccccc1N1C[C@@H](c2nc3ccccc3n2C[C@H](O)COc2ccc(C(C)C)cc2)CC1=O. The highest BCUT2D eigenvalue weighted by atomic mass is 16.5. The summed E-state index contributed by atoms with van der Waals surface area (Å²) in [6.45, 7) is 7.43. The van der Waals surface area contributed by atoms with Crippen LogP contribution >= 0.6 is 0 Å². The zero-order chi connectivity index (χ0) is 25.2. The van der Waals surface area contributed by atoms with Gasteiger partial charge >= 0.3 is 0 Å². The van der Waals surface area contributed by atoms with E-state index in [0.29, 0.717) is 25.4 Å². The van der Waals surface area contributed by atoms with Crippen molar-refractivity contribution in [1.82, 2.24) is 9.55 Å². The van der Waals surface area contributed by atoms with Crippen molar-refractivity contribution in [1.29, 1.82) is 0 Å². The molecule has 0 bridgehead atoms. The Hall–Kier alpha value is -3.64. The van der Waals surface area contributed by atoms with E-state index in [4.69, 9.17) is 9.72 Å². The van der Waals surface area contributed by atoms with Gasteiger partial charge in [0.2, 0.25) is 5.91 Å². The Balaban J connectivity index is 1.35. The number of carbonyl (C=O) groups excluding carboxylic acids is 1. The molecule has 1 fully saturated rings. The van der Waals surface area contributed by atoms with E-state index >= 15 is 0 Å². The van der Waals surface area contributed by atoms with Crippen molar-refractivity contribution in [2.24, 2.45) is 0 Å². The maximum absolute atomic E-state index is 13.0. The minimum absolute atomic E-state index is 0.0544. The molecule has 2 heterocycles. The number of aliphatic hydroxyl groups excluding tert-OH is 1. The second-order valence-corrected chi connectivity index (χ2v) is 9.95. The molecule has 1 saturated heterocycles. The van der Waals surface area contributed by atoms with Crippen LogP contribution in [0.2, 0.25) is 0 Å². The van der Waals surface area contributed by atoms with E-state index in [0.717, 1.165) is 33.9 Å². The maximum Gasteiger partial charge on any atom is 0.227 e. The highest BCUT2D eigenvalue weighted by molar-refractivity contribution is 5.97. The van der Waals surface area contributed by atoms with E-state index in [-0.39, 0.29) is 18.4 Å². The number of hydrogen-bond donors (Lipinski definition) is 1. The Labute approximate surface area is 212 Å². The van der Waals surface area contributed by atoms with Crippen molar-refractivity contribution in [3.8, 4) is 5.75 Å². The molecule has 4 aromatic rings. The number of fused-ring (bicyclic) bond motifs is 1. The summed E-state index contributed by atoms with van der Waals surface area (Å²) < 4.78 is 7.95. The lowest BCUT2D eigenvalue weighted by molar-refractivity contribution is -0.117. The third-order valence-corrected chi connectivity index (χ3v) is 6.96. The molecule has 0 aliphatic carbocycles. The van der Waals surface area contributed by atoms with Crippen LogP contribution in [0.5, 0.6) is 5.75 Å². The topological polar surface area (TPSA) is 67.6 Å². The minimum Gasteiger partial charge on any atom is -0.491 e. The molecule has 0 saturated carbocycles. The van der Waals surface area contributed by atoms with Gasteiger partial charge in [0.25, 0.3) is 0 Å². The van der Waals surface area contributed by atoms with E-state index in [9.17, 15) is 9.90 Å². The Morgan fingerprint density at radius 2 is 1.75 bits per heavy atom. The number of hydrogen-bond acceptors (Lipinski definition) is 4. The third-order valence-electron chi connectivity index (χ3n) is 6.96.